The van der Waals surface area contributed by atoms with Gasteiger partial charge in [0, 0.05) is 37.5 Å². The molecule has 9 heteroatoms. The van der Waals surface area contributed by atoms with E-state index >= 15 is 0 Å². The van der Waals surface area contributed by atoms with E-state index in [2.05, 4.69) is 20.5 Å². The van der Waals surface area contributed by atoms with E-state index in [9.17, 15) is 9.90 Å². The molecule has 1 N–H and O–H groups in total. The second-order valence-electron chi connectivity index (χ2n) is 7.52. The maximum absolute atomic E-state index is 11.7. The largest absolute Gasteiger partial charge is 0.507 e. The van der Waals surface area contributed by atoms with Gasteiger partial charge in [-0.3, -0.25) is 4.79 Å². The highest BCUT2D eigenvalue weighted by atomic mass is 16.5. The number of carbonyl (C=O) groups excluding carboxylic acids is 1. The predicted octanol–water partition coefficient (Wildman–Crippen LogP) is 3.22. The Kier molecular flexibility index (Phi) is 8.14. The molecular formula is C22H30N6O3. The highest BCUT2D eigenvalue weighted by Crippen LogP contribution is 2.33. The van der Waals surface area contributed by atoms with Crippen LogP contribution in [0.5, 0.6) is 11.5 Å². The van der Waals surface area contributed by atoms with Crippen molar-refractivity contribution in [1.82, 2.24) is 29.8 Å². The average molecular weight is 427 g/mol. The van der Waals surface area contributed by atoms with Crippen molar-refractivity contribution in [1.29, 1.82) is 0 Å². The molecular weight excluding hydrogens is 396 g/mol. The smallest absolute Gasteiger partial charge is 0.163 e. The average Bonchev–Trinajstić information content (AvgIpc) is 3.42. The molecule has 0 aliphatic heterocycles. The first kappa shape index (κ1) is 22.5. The number of imidazole rings is 1. The molecule has 0 unspecified atom stereocenters. The number of benzene rings is 1. The Hall–Kier alpha value is -3.23. The van der Waals surface area contributed by atoms with Crippen LogP contribution in [-0.2, 0) is 25.9 Å². The van der Waals surface area contributed by atoms with Crippen LogP contribution in [0.25, 0.3) is 0 Å². The molecule has 3 aromatic rings. The fraction of sp³-hybridized carbons (Fsp3) is 0.500. The summed E-state index contributed by atoms with van der Waals surface area (Å²) < 4.78 is 9.82. The molecule has 0 amide bonds. The van der Waals surface area contributed by atoms with Gasteiger partial charge in [-0.15, -0.1) is 5.10 Å². The van der Waals surface area contributed by atoms with Crippen molar-refractivity contribution in [3.8, 4) is 11.5 Å². The van der Waals surface area contributed by atoms with Crippen LogP contribution in [0.3, 0.4) is 0 Å². The maximum atomic E-state index is 11.7. The van der Waals surface area contributed by atoms with E-state index in [-0.39, 0.29) is 11.5 Å². The third kappa shape index (κ3) is 6.13. The lowest BCUT2D eigenvalue weighted by Gasteiger charge is -2.14. The number of carbonyl (C=O) groups is 1. The zero-order valence-electron chi connectivity index (χ0n) is 18.2. The summed E-state index contributed by atoms with van der Waals surface area (Å²) >= 11 is 0. The number of unbranched alkanes of at least 4 members (excludes halogenated alkanes) is 1. The molecule has 31 heavy (non-hydrogen) atoms. The monoisotopic (exact) mass is 426 g/mol. The Morgan fingerprint density at radius 2 is 2.03 bits per heavy atom. The van der Waals surface area contributed by atoms with Crippen LogP contribution < -0.4 is 4.74 Å². The molecule has 0 saturated carbocycles. The number of tetrazole rings is 1. The van der Waals surface area contributed by atoms with Crippen LogP contribution in [0.1, 0.15) is 61.3 Å². The minimum atomic E-state index is -0.149. The number of hydrogen-bond donors (Lipinski definition) is 1. The summed E-state index contributed by atoms with van der Waals surface area (Å²) in [4.78, 5) is 15.7. The third-order valence-electron chi connectivity index (χ3n) is 5.12. The molecule has 0 aliphatic rings. The van der Waals surface area contributed by atoms with E-state index in [0.29, 0.717) is 29.9 Å². The fourth-order valence-corrected chi connectivity index (χ4v) is 3.49. The van der Waals surface area contributed by atoms with Crippen LogP contribution in [0, 0.1) is 0 Å². The van der Waals surface area contributed by atoms with E-state index in [1.165, 1.54) is 6.92 Å². The minimum Gasteiger partial charge on any atom is -0.507 e. The van der Waals surface area contributed by atoms with E-state index in [1.807, 2.05) is 22.4 Å². The topological polar surface area (TPSA) is 108 Å². The Morgan fingerprint density at radius 1 is 1.16 bits per heavy atom. The van der Waals surface area contributed by atoms with Crippen LogP contribution in [-0.4, -0.2) is 47.3 Å². The van der Waals surface area contributed by atoms with Gasteiger partial charge in [0.25, 0.3) is 0 Å². The lowest BCUT2D eigenvalue weighted by Crippen LogP contribution is -2.09. The summed E-state index contributed by atoms with van der Waals surface area (Å²) in [6.45, 7) is 5.65. The van der Waals surface area contributed by atoms with Gasteiger partial charge in [-0.25, -0.2) is 9.67 Å². The maximum Gasteiger partial charge on any atom is 0.163 e. The van der Waals surface area contributed by atoms with Gasteiger partial charge in [-0.05, 0) is 55.2 Å². The summed E-state index contributed by atoms with van der Waals surface area (Å²) in [7, 11) is 0. The van der Waals surface area contributed by atoms with Crippen molar-refractivity contribution in [3.05, 3.63) is 47.8 Å². The Morgan fingerprint density at radius 3 is 2.77 bits per heavy atom. The van der Waals surface area contributed by atoms with E-state index in [0.717, 1.165) is 51.0 Å². The SMILES string of the molecule is CCCc1c(OCCCCc2nnnn2CCCn2ccnc2)ccc(C(C)=O)c1O. The molecule has 0 saturated heterocycles. The number of nitrogens with zero attached hydrogens (tertiary/aromatic N) is 6. The molecule has 9 nitrogen and oxygen atoms in total. The van der Waals surface area contributed by atoms with Crippen molar-refractivity contribution in [2.24, 2.45) is 0 Å². The van der Waals surface area contributed by atoms with Crippen LogP contribution in [0.2, 0.25) is 0 Å². The molecule has 0 fully saturated rings. The standard InChI is InChI=1S/C22H30N6O3/c1-3-7-19-20(10-9-18(17(2)29)22(19)30)31-15-5-4-8-21-24-25-26-28(21)13-6-12-27-14-11-23-16-27/h9-11,14,16,30H,3-8,12-13,15H2,1-2H3. The van der Waals surface area contributed by atoms with Gasteiger partial charge in [0.15, 0.2) is 11.6 Å². The summed E-state index contributed by atoms with van der Waals surface area (Å²) in [5.74, 6) is 1.42. The normalized spacial score (nSPS) is 11.0. The summed E-state index contributed by atoms with van der Waals surface area (Å²) in [6.07, 6.45) is 10.5. The second kappa shape index (κ2) is 11.2. The van der Waals surface area contributed by atoms with Crippen LogP contribution in [0.15, 0.2) is 30.9 Å². The fourth-order valence-electron chi connectivity index (χ4n) is 3.49. The van der Waals surface area contributed by atoms with Crippen LogP contribution >= 0.6 is 0 Å². The Balaban J connectivity index is 1.45. The van der Waals surface area contributed by atoms with Crippen molar-refractivity contribution in [3.63, 3.8) is 0 Å². The zero-order chi connectivity index (χ0) is 22.1. The van der Waals surface area contributed by atoms with Gasteiger partial charge in [-0.2, -0.15) is 0 Å². The van der Waals surface area contributed by atoms with Crippen LogP contribution in [0.4, 0.5) is 0 Å². The van der Waals surface area contributed by atoms with Gasteiger partial charge in [-0.1, -0.05) is 13.3 Å². The summed E-state index contributed by atoms with van der Waals surface area (Å²) in [6, 6.07) is 3.41. The number of ether oxygens (including phenoxy) is 1. The third-order valence-corrected chi connectivity index (χ3v) is 5.12. The highest BCUT2D eigenvalue weighted by molar-refractivity contribution is 5.97. The quantitative estimate of drug-likeness (QED) is 0.330. The number of aryl methyl sites for hydroxylation is 3. The van der Waals surface area contributed by atoms with E-state index in [4.69, 9.17) is 4.74 Å². The minimum absolute atomic E-state index is 0.0433. The van der Waals surface area contributed by atoms with Gasteiger partial charge >= 0.3 is 0 Å². The molecule has 0 spiro atoms. The van der Waals surface area contributed by atoms with Crippen molar-refractivity contribution in [2.45, 2.75) is 65.5 Å². The van der Waals surface area contributed by atoms with E-state index in [1.54, 1.807) is 24.7 Å². The summed E-state index contributed by atoms with van der Waals surface area (Å²) in [5, 5.41) is 22.5. The molecule has 0 radical (unpaired) electrons. The van der Waals surface area contributed by atoms with E-state index < -0.39 is 0 Å². The molecule has 0 bridgehead atoms. The molecule has 166 valence electrons. The van der Waals surface area contributed by atoms with Crippen molar-refractivity contribution >= 4 is 5.78 Å². The number of phenolic OH excluding ortho intramolecular Hbond substituents is 1. The first-order valence-electron chi connectivity index (χ1n) is 10.8. The van der Waals surface area contributed by atoms with Gasteiger partial charge < -0.3 is 14.4 Å². The van der Waals surface area contributed by atoms with Gasteiger partial charge in [0.05, 0.1) is 18.5 Å². The van der Waals surface area contributed by atoms with Gasteiger partial charge in [0.2, 0.25) is 0 Å². The molecule has 2 aromatic heterocycles. The summed E-state index contributed by atoms with van der Waals surface area (Å²) in [5.41, 5.74) is 1.05. The Bertz CT molecular complexity index is 968. The number of rotatable bonds is 13. The number of ketones is 1. The molecule has 0 aliphatic carbocycles. The highest BCUT2D eigenvalue weighted by Gasteiger charge is 2.16. The second-order valence-corrected chi connectivity index (χ2v) is 7.52. The van der Waals surface area contributed by atoms with Crippen molar-refractivity contribution in [2.75, 3.05) is 6.61 Å². The first-order chi connectivity index (χ1) is 15.1. The van der Waals surface area contributed by atoms with Gasteiger partial charge in [0.1, 0.15) is 11.5 Å². The number of hydrogen-bond acceptors (Lipinski definition) is 7. The predicted molar refractivity (Wildman–Crippen MR) is 115 cm³/mol. The van der Waals surface area contributed by atoms with Crippen molar-refractivity contribution < 1.29 is 14.6 Å². The first-order valence-corrected chi connectivity index (χ1v) is 10.8. The molecule has 1 aromatic carbocycles. The Labute approximate surface area is 182 Å². The lowest BCUT2D eigenvalue weighted by atomic mass is 10.0. The number of aromatic hydroxyl groups is 1. The molecule has 2 heterocycles. The zero-order valence-corrected chi connectivity index (χ0v) is 18.2. The number of aromatic nitrogens is 6. The number of phenols is 1. The lowest BCUT2D eigenvalue weighted by molar-refractivity contribution is 0.101. The molecule has 0 atom stereocenters. The number of Topliss-reactive ketones (excluding diaryl/α,β-unsaturated/α-hetero) is 1. The molecule has 3 rings (SSSR count).